The molecule has 0 aromatic heterocycles. The first kappa shape index (κ1) is 12.9. The van der Waals surface area contributed by atoms with Gasteiger partial charge in [-0.15, -0.1) is 0 Å². The van der Waals surface area contributed by atoms with Crippen molar-refractivity contribution < 1.29 is 15.1 Å². The van der Waals surface area contributed by atoms with Gasteiger partial charge >= 0.3 is 0 Å². The summed E-state index contributed by atoms with van der Waals surface area (Å²) in [6.07, 6.45) is -3.18. The third-order valence-electron chi connectivity index (χ3n) is 2.23. The number of benzene rings is 1. The molecular formula is C10H11N3O4. The van der Waals surface area contributed by atoms with Gasteiger partial charge in [-0.1, -0.05) is 0 Å². The van der Waals surface area contributed by atoms with E-state index in [1.807, 2.05) is 0 Å². The van der Waals surface area contributed by atoms with Crippen LogP contribution in [0.3, 0.4) is 0 Å². The lowest BCUT2D eigenvalue weighted by atomic mass is 10.0. The number of aliphatic hydroxyl groups is 2. The highest BCUT2D eigenvalue weighted by atomic mass is 16.6. The minimum atomic E-state index is -1.49. The van der Waals surface area contributed by atoms with Crippen LogP contribution in [0.2, 0.25) is 0 Å². The van der Waals surface area contributed by atoms with Crippen LogP contribution >= 0.6 is 0 Å². The van der Waals surface area contributed by atoms with Crippen molar-refractivity contribution in [3.8, 4) is 6.07 Å². The van der Waals surface area contributed by atoms with Crippen LogP contribution in [0.15, 0.2) is 18.2 Å². The zero-order valence-electron chi connectivity index (χ0n) is 8.78. The van der Waals surface area contributed by atoms with E-state index in [0.29, 0.717) is 0 Å². The molecule has 0 saturated carbocycles. The van der Waals surface area contributed by atoms with Gasteiger partial charge in [0.15, 0.2) is 0 Å². The number of anilines is 1. The number of nitrogens with zero attached hydrogens (tertiary/aromatic N) is 2. The van der Waals surface area contributed by atoms with Gasteiger partial charge in [-0.3, -0.25) is 10.1 Å². The number of nitrogens with two attached hydrogens (primary N) is 1. The maximum absolute atomic E-state index is 10.8. The van der Waals surface area contributed by atoms with E-state index in [1.165, 1.54) is 12.1 Å². The zero-order valence-corrected chi connectivity index (χ0v) is 8.78. The van der Waals surface area contributed by atoms with Crippen molar-refractivity contribution in [2.45, 2.75) is 18.6 Å². The van der Waals surface area contributed by atoms with Gasteiger partial charge in [-0.25, -0.2) is 0 Å². The number of hydrogen-bond donors (Lipinski definition) is 3. The topological polar surface area (TPSA) is 133 Å². The van der Waals surface area contributed by atoms with Crippen LogP contribution in [-0.2, 0) is 0 Å². The molecule has 0 spiro atoms. The van der Waals surface area contributed by atoms with Crippen molar-refractivity contribution in [1.82, 2.24) is 0 Å². The van der Waals surface area contributed by atoms with Crippen LogP contribution in [0, 0.1) is 21.4 Å². The van der Waals surface area contributed by atoms with Crippen molar-refractivity contribution in [1.29, 1.82) is 5.26 Å². The maximum Gasteiger partial charge on any atom is 0.277 e. The number of nitrogen functional groups attached to an aromatic ring is 1. The summed E-state index contributed by atoms with van der Waals surface area (Å²) in [6, 6.07) is 5.41. The Morgan fingerprint density at radius 2 is 2.18 bits per heavy atom. The highest BCUT2D eigenvalue weighted by Crippen LogP contribution is 2.29. The third kappa shape index (κ3) is 2.90. The number of nitriles is 1. The molecule has 4 N–H and O–H groups in total. The number of aliphatic hydroxyl groups excluding tert-OH is 2. The van der Waals surface area contributed by atoms with Crippen LogP contribution in [-0.4, -0.2) is 21.2 Å². The number of rotatable bonds is 4. The first-order chi connectivity index (χ1) is 7.97. The van der Waals surface area contributed by atoms with Gasteiger partial charge in [0.25, 0.3) is 5.69 Å². The Morgan fingerprint density at radius 1 is 1.53 bits per heavy atom. The van der Waals surface area contributed by atoms with Gasteiger partial charge in [0.05, 0.1) is 29.1 Å². The molecule has 0 amide bonds. The van der Waals surface area contributed by atoms with E-state index in [1.54, 1.807) is 6.07 Å². The lowest BCUT2D eigenvalue weighted by molar-refractivity contribution is -0.386. The largest absolute Gasteiger partial charge is 0.399 e. The summed E-state index contributed by atoms with van der Waals surface area (Å²) in [4.78, 5) is 10.1. The molecule has 0 radical (unpaired) electrons. The van der Waals surface area contributed by atoms with E-state index in [-0.39, 0.29) is 23.4 Å². The molecule has 7 nitrogen and oxygen atoms in total. The zero-order chi connectivity index (χ0) is 13.0. The van der Waals surface area contributed by atoms with Gasteiger partial charge < -0.3 is 15.9 Å². The lowest BCUT2D eigenvalue weighted by Gasteiger charge is -2.15. The molecule has 17 heavy (non-hydrogen) atoms. The summed E-state index contributed by atoms with van der Waals surface area (Å²) in [5.41, 5.74) is 5.14. The normalized spacial score (nSPS) is 13.7. The fourth-order valence-electron chi connectivity index (χ4n) is 1.38. The van der Waals surface area contributed by atoms with Crippen LogP contribution in [0.5, 0.6) is 0 Å². The van der Waals surface area contributed by atoms with Gasteiger partial charge in [-0.2, -0.15) is 5.26 Å². The molecule has 0 fully saturated rings. The third-order valence-corrected chi connectivity index (χ3v) is 2.23. The molecule has 0 aliphatic heterocycles. The number of nitro benzene ring substituents is 1. The van der Waals surface area contributed by atoms with Crippen molar-refractivity contribution in [2.24, 2.45) is 0 Å². The maximum atomic E-state index is 10.8. The smallest absolute Gasteiger partial charge is 0.277 e. The molecular weight excluding hydrogens is 226 g/mol. The minimum absolute atomic E-state index is 0.0630. The lowest BCUT2D eigenvalue weighted by Crippen LogP contribution is -2.18. The van der Waals surface area contributed by atoms with Crippen LogP contribution < -0.4 is 5.73 Å². The van der Waals surface area contributed by atoms with E-state index < -0.39 is 17.1 Å². The second-order valence-electron chi connectivity index (χ2n) is 3.45. The summed E-state index contributed by atoms with van der Waals surface area (Å²) in [5.74, 6) is 0. The monoisotopic (exact) mass is 237 g/mol. The number of hydrogen-bond acceptors (Lipinski definition) is 6. The van der Waals surface area contributed by atoms with Crippen molar-refractivity contribution in [3.63, 3.8) is 0 Å². The summed E-state index contributed by atoms with van der Waals surface area (Å²) < 4.78 is 0. The summed E-state index contributed by atoms with van der Waals surface area (Å²) in [6.45, 7) is 0. The Hall–Kier alpha value is -2.17. The molecule has 0 aliphatic carbocycles. The van der Waals surface area contributed by atoms with E-state index >= 15 is 0 Å². The molecule has 7 heteroatoms. The predicted molar refractivity (Wildman–Crippen MR) is 58.7 cm³/mol. The molecule has 1 aromatic rings. The van der Waals surface area contributed by atoms with Crippen molar-refractivity contribution >= 4 is 11.4 Å². The minimum Gasteiger partial charge on any atom is -0.399 e. The molecule has 90 valence electrons. The average Bonchev–Trinajstić information content (AvgIpc) is 2.28. The van der Waals surface area contributed by atoms with Crippen LogP contribution in [0.1, 0.15) is 18.1 Å². The van der Waals surface area contributed by atoms with Crippen molar-refractivity contribution in [2.75, 3.05) is 5.73 Å². The predicted octanol–water partition coefficient (Wildman–Crippen LogP) is 0.485. The van der Waals surface area contributed by atoms with Crippen LogP contribution in [0.4, 0.5) is 11.4 Å². The van der Waals surface area contributed by atoms with E-state index in [4.69, 9.17) is 11.0 Å². The van der Waals surface area contributed by atoms with Gasteiger partial charge in [0.2, 0.25) is 0 Å². The Labute approximate surface area is 96.9 Å². The molecule has 1 rings (SSSR count). The molecule has 0 saturated heterocycles. The Balaban J connectivity index is 3.13. The van der Waals surface area contributed by atoms with Gasteiger partial charge in [0.1, 0.15) is 6.10 Å². The Kier molecular flexibility index (Phi) is 3.98. The molecule has 0 bridgehead atoms. The molecule has 1 aromatic carbocycles. The average molecular weight is 237 g/mol. The first-order valence-electron chi connectivity index (χ1n) is 4.74. The second kappa shape index (κ2) is 5.25. The Bertz CT molecular complexity index is 469. The van der Waals surface area contributed by atoms with E-state index in [2.05, 4.69) is 0 Å². The van der Waals surface area contributed by atoms with E-state index in [9.17, 15) is 20.3 Å². The van der Waals surface area contributed by atoms with Crippen molar-refractivity contribution in [3.05, 3.63) is 33.9 Å². The fourth-order valence-corrected chi connectivity index (χ4v) is 1.38. The SMILES string of the molecule is N#CCC(O)C(O)c1ccc(N)cc1[N+](=O)[O-]. The summed E-state index contributed by atoms with van der Waals surface area (Å²) in [5, 5.41) is 38.2. The Morgan fingerprint density at radius 3 is 2.71 bits per heavy atom. The van der Waals surface area contributed by atoms with Gasteiger partial charge in [0, 0.05) is 11.8 Å². The summed E-state index contributed by atoms with van der Waals surface area (Å²) >= 11 is 0. The molecule has 0 aliphatic rings. The molecule has 2 unspecified atom stereocenters. The van der Waals surface area contributed by atoms with Crippen LogP contribution in [0.25, 0.3) is 0 Å². The summed E-state index contributed by atoms with van der Waals surface area (Å²) in [7, 11) is 0. The quantitative estimate of drug-likeness (QED) is 0.396. The molecule has 0 heterocycles. The first-order valence-corrected chi connectivity index (χ1v) is 4.74. The van der Waals surface area contributed by atoms with E-state index in [0.717, 1.165) is 6.07 Å². The van der Waals surface area contributed by atoms with Gasteiger partial charge in [-0.05, 0) is 12.1 Å². The molecule has 2 atom stereocenters. The highest BCUT2D eigenvalue weighted by molar-refractivity contribution is 5.53. The number of nitro groups is 1. The fraction of sp³-hybridized carbons (Fsp3) is 0.300. The second-order valence-corrected chi connectivity index (χ2v) is 3.45. The highest BCUT2D eigenvalue weighted by Gasteiger charge is 2.26. The standard InChI is InChI=1S/C10H11N3O4/c11-4-3-9(14)10(15)7-2-1-6(12)5-8(7)13(16)17/h1-2,5,9-10,14-15H,3,12H2.